The van der Waals surface area contributed by atoms with Gasteiger partial charge in [-0.05, 0) is 13.3 Å². The van der Waals surface area contributed by atoms with E-state index in [-0.39, 0.29) is 57.8 Å². The van der Waals surface area contributed by atoms with Crippen LogP contribution in [0.5, 0.6) is 0 Å². The first-order chi connectivity index (χ1) is 13.8. The lowest BCUT2D eigenvalue weighted by Crippen LogP contribution is -2.64. The predicted molar refractivity (Wildman–Crippen MR) is 97.2 cm³/mol. The second kappa shape index (κ2) is 9.06. The minimum Gasteiger partial charge on any atom is -0.376 e. The maximum atomic E-state index is 13.1. The SMILES string of the molecule is CC[C@@H](NC(C)=O)C(=O)N1CCOC2(COCCN(C(=O)C(C)(O)C(F)(F)F)C2)C1. The molecule has 0 bridgehead atoms. The molecular weight excluding hydrogens is 411 g/mol. The molecule has 2 aliphatic heterocycles. The average Bonchev–Trinajstić information content (AvgIpc) is 2.86. The van der Waals surface area contributed by atoms with Crippen LogP contribution >= 0.6 is 0 Å². The van der Waals surface area contributed by atoms with E-state index in [1.807, 2.05) is 0 Å². The van der Waals surface area contributed by atoms with Crippen LogP contribution in [0.2, 0.25) is 0 Å². The number of aliphatic hydroxyl groups is 1. The van der Waals surface area contributed by atoms with Crippen LogP contribution in [0.15, 0.2) is 0 Å². The number of nitrogens with one attached hydrogen (secondary N) is 1. The van der Waals surface area contributed by atoms with Gasteiger partial charge in [-0.2, -0.15) is 13.2 Å². The van der Waals surface area contributed by atoms with Gasteiger partial charge in [0.2, 0.25) is 17.4 Å². The topological polar surface area (TPSA) is 108 Å². The van der Waals surface area contributed by atoms with E-state index in [9.17, 15) is 32.7 Å². The number of morpholine rings is 1. The fourth-order valence-corrected chi connectivity index (χ4v) is 3.53. The third kappa shape index (κ3) is 5.22. The Morgan fingerprint density at radius 1 is 1.17 bits per heavy atom. The molecule has 12 heteroatoms. The van der Waals surface area contributed by atoms with Crippen LogP contribution in [-0.2, 0) is 23.9 Å². The Balaban J connectivity index is 2.20. The second-order valence-corrected chi connectivity index (χ2v) is 7.80. The number of nitrogens with zero attached hydrogens (tertiary/aromatic N) is 2. The molecule has 9 nitrogen and oxygen atoms in total. The van der Waals surface area contributed by atoms with Crippen molar-refractivity contribution in [1.29, 1.82) is 0 Å². The van der Waals surface area contributed by atoms with E-state index in [0.717, 1.165) is 4.90 Å². The molecule has 0 radical (unpaired) electrons. The molecule has 2 aliphatic rings. The van der Waals surface area contributed by atoms with Crippen LogP contribution in [0.3, 0.4) is 0 Å². The van der Waals surface area contributed by atoms with Crippen molar-refractivity contribution in [2.45, 2.75) is 50.6 Å². The molecule has 3 atom stereocenters. The van der Waals surface area contributed by atoms with Crippen LogP contribution in [0.25, 0.3) is 0 Å². The van der Waals surface area contributed by atoms with Gasteiger partial charge in [0.25, 0.3) is 5.91 Å². The van der Waals surface area contributed by atoms with Crippen molar-refractivity contribution in [3.63, 3.8) is 0 Å². The molecule has 2 unspecified atom stereocenters. The molecule has 2 N–H and O–H groups in total. The molecule has 2 heterocycles. The number of hydrogen-bond acceptors (Lipinski definition) is 6. The van der Waals surface area contributed by atoms with E-state index < -0.39 is 29.3 Å². The Hall–Kier alpha value is -1.92. The van der Waals surface area contributed by atoms with Crippen molar-refractivity contribution in [2.75, 3.05) is 46.0 Å². The quantitative estimate of drug-likeness (QED) is 0.621. The zero-order valence-electron chi connectivity index (χ0n) is 17.3. The van der Waals surface area contributed by atoms with Gasteiger partial charge in [-0.25, -0.2) is 0 Å². The fourth-order valence-electron chi connectivity index (χ4n) is 3.53. The number of carbonyl (C=O) groups is 3. The first kappa shape index (κ1) is 24.4. The van der Waals surface area contributed by atoms with Crippen molar-refractivity contribution in [2.24, 2.45) is 0 Å². The Kier molecular flexibility index (Phi) is 7.36. The predicted octanol–water partition coefficient (Wildman–Crippen LogP) is -0.329. The number of ether oxygens (including phenoxy) is 2. The van der Waals surface area contributed by atoms with E-state index >= 15 is 0 Å². The molecular formula is C18H28F3N3O6. The molecule has 30 heavy (non-hydrogen) atoms. The fraction of sp³-hybridized carbons (Fsp3) is 0.833. The highest BCUT2D eigenvalue weighted by Gasteiger charge is 2.58. The summed E-state index contributed by atoms with van der Waals surface area (Å²) in [7, 11) is 0. The lowest BCUT2D eigenvalue weighted by molar-refractivity contribution is -0.251. The van der Waals surface area contributed by atoms with Crippen molar-refractivity contribution in [3.05, 3.63) is 0 Å². The summed E-state index contributed by atoms with van der Waals surface area (Å²) in [6.07, 6.45) is -4.79. The van der Waals surface area contributed by atoms with Gasteiger partial charge in [0, 0.05) is 20.0 Å². The molecule has 172 valence electrons. The van der Waals surface area contributed by atoms with Gasteiger partial charge in [-0.15, -0.1) is 0 Å². The minimum atomic E-state index is -5.15. The van der Waals surface area contributed by atoms with Crippen LogP contribution in [0.4, 0.5) is 13.2 Å². The largest absolute Gasteiger partial charge is 0.426 e. The van der Waals surface area contributed by atoms with Gasteiger partial charge >= 0.3 is 6.18 Å². The molecule has 2 rings (SSSR count). The Labute approximate surface area is 172 Å². The molecule has 0 aromatic carbocycles. The van der Waals surface area contributed by atoms with E-state index in [1.165, 1.54) is 11.8 Å². The molecule has 2 fully saturated rings. The maximum absolute atomic E-state index is 13.1. The van der Waals surface area contributed by atoms with E-state index in [4.69, 9.17) is 9.47 Å². The zero-order chi connectivity index (χ0) is 22.7. The normalized spacial score (nSPS) is 26.0. The summed E-state index contributed by atoms with van der Waals surface area (Å²) in [4.78, 5) is 38.9. The Morgan fingerprint density at radius 3 is 2.33 bits per heavy atom. The second-order valence-electron chi connectivity index (χ2n) is 7.80. The number of rotatable bonds is 4. The highest BCUT2D eigenvalue weighted by atomic mass is 19.4. The maximum Gasteiger partial charge on any atom is 0.426 e. The summed E-state index contributed by atoms with van der Waals surface area (Å²) in [5, 5.41) is 12.3. The summed E-state index contributed by atoms with van der Waals surface area (Å²) >= 11 is 0. The zero-order valence-corrected chi connectivity index (χ0v) is 17.3. The molecule has 3 amide bonds. The molecule has 0 aromatic rings. The molecule has 0 saturated carbocycles. The highest BCUT2D eigenvalue weighted by molar-refractivity contribution is 5.87. The highest BCUT2D eigenvalue weighted by Crippen LogP contribution is 2.33. The summed E-state index contributed by atoms with van der Waals surface area (Å²) in [5.41, 5.74) is -4.79. The van der Waals surface area contributed by atoms with Crippen molar-refractivity contribution < 1.29 is 42.1 Å². The monoisotopic (exact) mass is 439 g/mol. The van der Waals surface area contributed by atoms with E-state index in [2.05, 4.69) is 5.32 Å². The van der Waals surface area contributed by atoms with Gasteiger partial charge in [-0.3, -0.25) is 14.4 Å². The molecule has 0 aliphatic carbocycles. The third-order valence-electron chi connectivity index (χ3n) is 5.25. The van der Waals surface area contributed by atoms with Crippen LogP contribution in [0.1, 0.15) is 27.2 Å². The first-order valence-corrected chi connectivity index (χ1v) is 9.69. The van der Waals surface area contributed by atoms with Crippen molar-refractivity contribution >= 4 is 17.7 Å². The van der Waals surface area contributed by atoms with Crippen molar-refractivity contribution in [1.82, 2.24) is 15.1 Å². The number of alkyl halides is 3. The lowest BCUT2D eigenvalue weighted by atomic mass is 9.98. The minimum absolute atomic E-state index is 0.0279. The summed E-state index contributed by atoms with van der Waals surface area (Å²) in [6.45, 7) is 3.22. The van der Waals surface area contributed by atoms with Crippen LogP contribution in [-0.4, -0.2) is 102 Å². The number of halogens is 3. The third-order valence-corrected chi connectivity index (χ3v) is 5.25. The number of carbonyl (C=O) groups excluding carboxylic acids is 3. The summed E-state index contributed by atoms with van der Waals surface area (Å²) in [5.74, 6) is -2.21. The van der Waals surface area contributed by atoms with Gasteiger partial charge in [0.15, 0.2) is 0 Å². The smallest absolute Gasteiger partial charge is 0.376 e. The molecule has 0 aromatic heterocycles. The molecule has 1 spiro atoms. The van der Waals surface area contributed by atoms with Gasteiger partial charge in [0.05, 0.1) is 32.9 Å². The number of hydrogen-bond donors (Lipinski definition) is 2. The summed E-state index contributed by atoms with van der Waals surface area (Å²) in [6, 6.07) is -0.743. The Morgan fingerprint density at radius 2 is 1.77 bits per heavy atom. The van der Waals surface area contributed by atoms with Crippen LogP contribution in [0, 0.1) is 0 Å². The van der Waals surface area contributed by atoms with Crippen molar-refractivity contribution in [3.8, 4) is 0 Å². The van der Waals surface area contributed by atoms with E-state index in [1.54, 1.807) is 6.92 Å². The lowest BCUT2D eigenvalue weighted by Gasteiger charge is -2.44. The van der Waals surface area contributed by atoms with Gasteiger partial charge in [-0.1, -0.05) is 6.92 Å². The van der Waals surface area contributed by atoms with Gasteiger partial charge < -0.3 is 29.7 Å². The van der Waals surface area contributed by atoms with E-state index in [0.29, 0.717) is 13.3 Å². The Bertz CT molecular complexity index is 672. The summed E-state index contributed by atoms with van der Waals surface area (Å²) < 4.78 is 50.6. The molecule has 2 saturated heterocycles. The van der Waals surface area contributed by atoms with Gasteiger partial charge in [0.1, 0.15) is 11.6 Å². The average molecular weight is 439 g/mol. The number of amides is 3. The standard InChI is InChI=1S/C18H28F3N3O6/c1-4-13(22-12(2)25)14(26)23-6-8-30-17(9-23)10-24(5-7-29-11-17)15(27)16(3,28)18(19,20)21/h13,28H,4-11H2,1-3H3,(H,22,25)/t13-,16?,17?/m1/s1. The first-order valence-electron chi connectivity index (χ1n) is 9.69. The van der Waals surface area contributed by atoms with Crippen LogP contribution < -0.4 is 5.32 Å².